The van der Waals surface area contributed by atoms with E-state index in [2.05, 4.69) is 65.8 Å². The summed E-state index contributed by atoms with van der Waals surface area (Å²) in [5, 5.41) is 0. The van der Waals surface area contributed by atoms with E-state index in [1.54, 1.807) is 11.1 Å². The minimum absolute atomic E-state index is 0.449. The van der Waals surface area contributed by atoms with Crippen molar-refractivity contribution >= 4 is 0 Å². The van der Waals surface area contributed by atoms with Gasteiger partial charge in [-0.1, -0.05) is 63.1 Å². The molecule has 0 spiro atoms. The summed E-state index contributed by atoms with van der Waals surface area (Å²) >= 11 is 0. The summed E-state index contributed by atoms with van der Waals surface area (Å²) in [6.45, 7) is 14.6. The van der Waals surface area contributed by atoms with Crippen molar-refractivity contribution in [2.45, 2.75) is 73.6 Å². The van der Waals surface area contributed by atoms with E-state index in [-0.39, 0.29) is 0 Å². The van der Waals surface area contributed by atoms with Crippen molar-refractivity contribution in [1.29, 1.82) is 0 Å². The summed E-state index contributed by atoms with van der Waals surface area (Å²) in [7, 11) is 0. The zero-order valence-electron chi connectivity index (χ0n) is 16.0. The molecule has 126 valence electrons. The Balaban J connectivity index is 1.64. The van der Waals surface area contributed by atoms with Crippen LogP contribution in [0.5, 0.6) is 0 Å². The average Bonchev–Trinajstić information content (AvgIpc) is 2.83. The lowest BCUT2D eigenvalue weighted by molar-refractivity contribution is 0.206. The number of fused-ring (bicyclic) bond motifs is 2. The van der Waals surface area contributed by atoms with Crippen LogP contribution in [0.25, 0.3) is 0 Å². The molecule has 0 heterocycles. The van der Waals surface area contributed by atoms with E-state index in [1.807, 2.05) is 0 Å². The van der Waals surface area contributed by atoms with Gasteiger partial charge in [-0.2, -0.15) is 0 Å². The second kappa shape index (κ2) is 5.80. The number of rotatable bonds is 5. The molecule has 2 aliphatic rings. The fraction of sp³-hybridized carbons (Fsp3) is 0.652. The normalized spacial score (nSPS) is 36.1. The summed E-state index contributed by atoms with van der Waals surface area (Å²) in [6.07, 6.45) is 6.51. The lowest BCUT2D eigenvalue weighted by Crippen LogP contribution is -2.27. The van der Waals surface area contributed by atoms with Crippen LogP contribution in [0.2, 0.25) is 0 Å². The highest BCUT2D eigenvalue weighted by Crippen LogP contribution is 2.70. The number of aryl methyl sites for hydroxylation is 2. The first-order valence-electron chi connectivity index (χ1n) is 9.60. The Hall–Kier alpha value is -1.04. The van der Waals surface area contributed by atoms with Crippen molar-refractivity contribution in [2.75, 3.05) is 0 Å². The molecule has 0 radical (unpaired) electrons. The van der Waals surface area contributed by atoms with E-state index < -0.39 is 0 Å². The monoisotopic (exact) mass is 310 g/mol. The number of benzene rings is 1. The van der Waals surface area contributed by atoms with Gasteiger partial charge in [-0.05, 0) is 79.7 Å². The van der Waals surface area contributed by atoms with Crippen molar-refractivity contribution in [3.8, 4) is 0 Å². The van der Waals surface area contributed by atoms with Crippen LogP contribution in [-0.2, 0) is 12.8 Å². The lowest BCUT2D eigenvalue weighted by atomic mass is 9.69. The lowest BCUT2D eigenvalue weighted by Gasteiger charge is -2.36. The fourth-order valence-electron chi connectivity index (χ4n) is 5.75. The molecule has 0 aliphatic heterocycles. The van der Waals surface area contributed by atoms with Gasteiger partial charge < -0.3 is 0 Å². The SMILES string of the molecule is CCc1ccc(CCCC2CC3(C)C(C)=C(C)C2(C)C3C)cc1. The predicted molar refractivity (Wildman–Crippen MR) is 101 cm³/mol. The summed E-state index contributed by atoms with van der Waals surface area (Å²) in [6, 6.07) is 9.27. The molecule has 0 nitrogen and oxygen atoms in total. The highest BCUT2D eigenvalue weighted by atomic mass is 14.7. The number of allylic oxidation sites excluding steroid dienone is 2. The van der Waals surface area contributed by atoms with Gasteiger partial charge in [0.2, 0.25) is 0 Å². The third kappa shape index (κ3) is 2.41. The first-order chi connectivity index (χ1) is 10.8. The Morgan fingerprint density at radius 2 is 1.61 bits per heavy atom. The zero-order chi connectivity index (χ0) is 16.8. The van der Waals surface area contributed by atoms with Crippen LogP contribution in [0.15, 0.2) is 35.4 Å². The second-order valence-electron chi connectivity index (χ2n) is 8.64. The van der Waals surface area contributed by atoms with E-state index in [9.17, 15) is 0 Å². The van der Waals surface area contributed by atoms with Crippen LogP contribution in [-0.4, -0.2) is 0 Å². The molecular formula is C23H34. The first kappa shape index (κ1) is 16.8. The largest absolute Gasteiger partial charge is 0.0676 e. The highest BCUT2D eigenvalue weighted by Gasteiger charge is 2.61. The van der Waals surface area contributed by atoms with E-state index >= 15 is 0 Å². The van der Waals surface area contributed by atoms with Crippen LogP contribution in [0.1, 0.15) is 71.9 Å². The van der Waals surface area contributed by atoms with Crippen LogP contribution >= 0.6 is 0 Å². The van der Waals surface area contributed by atoms with Gasteiger partial charge in [-0.15, -0.1) is 0 Å². The molecule has 2 aliphatic carbocycles. The second-order valence-corrected chi connectivity index (χ2v) is 8.64. The Morgan fingerprint density at radius 3 is 2.13 bits per heavy atom. The van der Waals surface area contributed by atoms with Gasteiger partial charge >= 0.3 is 0 Å². The molecule has 0 amide bonds. The average molecular weight is 311 g/mol. The van der Waals surface area contributed by atoms with Gasteiger partial charge in [0.1, 0.15) is 0 Å². The first-order valence-corrected chi connectivity index (χ1v) is 9.60. The van der Waals surface area contributed by atoms with Crippen LogP contribution in [0.3, 0.4) is 0 Å². The summed E-state index contributed by atoms with van der Waals surface area (Å²) in [4.78, 5) is 0. The molecule has 0 heteroatoms. The molecule has 3 rings (SSSR count). The number of hydrogen-bond acceptors (Lipinski definition) is 0. The maximum atomic E-state index is 2.55. The molecule has 4 unspecified atom stereocenters. The van der Waals surface area contributed by atoms with Crippen LogP contribution in [0.4, 0.5) is 0 Å². The topological polar surface area (TPSA) is 0 Å². The van der Waals surface area contributed by atoms with Gasteiger partial charge in [0.05, 0.1) is 0 Å². The van der Waals surface area contributed by atoms with Crippen molar-refractivity contribution in [1.82, 2.24) is 0 Å². The van der Waals surface area contributed by atoms with E-state index in [0.29, 0.717) is 10.8 Å². The van der Waals surface area contributed by atoms with E-state index in [1.165, 1.54) is 36.8 Å². The zero-order valence-corrected chi connectivity index (χ0v) is 16.0. The molecule has 23 heavy (non-hydrogen) atoms. The van der Waals surface area contributed by atoms with E-state index in [0.717, 1.165) is 18.3 Å². The molecule has 1 aromatic carbocycles. The Labute approximate surface area is 143 Å². The van der Waals surface area contributed by atoms with Crippen molar-refractivity contribution in [3.63, 3.8) is 0 Å². The summed E-state index contributed by atoms with van der Waals surface area (Å²) in [5.74, 6) is 1.69. The van der Waals surface area contributed by atoms with Gasteiger partial charge in [0.15, 0.2) is 0 Å². The molecule has 1 saturated carbocycles. The molecular weight excluding hydrogens is 276 g/mol. The third-order valence-electron chi connectivity index (χ3n) is 8.05. The minimum Gasteiger partial charge on any atom is -0.0676 e. The smallest absolute Gasteiger partial charge is 0.00539 e. The predicted octanol–water partition coefficient (Wildman–Crippen LogP) is 6.59. The molecule has 4 atom stereocenters. The molecule has 0 aromatic heterocycles. The van der Waals surface area contributed by atoms with Crippen molar-refractivity contribution in [2.24, 2.45) is 22.7 Å². The van der Waals surface area contributed by atoms with Crippen LogP contribution in [0, 0.1) is 22.7 Å². The summed E-state index contributed by atoms with van der Waals surface area (Å²) < 4.78 is 0. The maximum Gasteiger partial charge on any atom is -0.00539 e. The van der Waals surface area contributed by atoms with E-state index in [4.69, 9.17) is 0 Å². The standard InChI is InChI=1S/C23H34/c1-7-19-11-13-20(14-12-19)9-8-10-21-15-22(5)16(2)17(3)23(21,6)18(22)4/h11-14,18,21H,7-10,15H2,1-6H3. The van der Waals surface area contributed by atoms with Gasteiger partial charge in [0.25, 0.3) is 0 Å². The van der Waals surface area contributed by atoms with Gasteiger partial charge in [0, 0.05) is 0 Å². The fourth-order valence-corrected chi connectivity index (χ4v) is 5.75. The molecule has 0 saturated heterocycles. The van der Waals surface area contributed by atoms with Crippen molar-refractivity contribution < 1.29 is 0 Å². The quantitative estimate of drug-likeness (QED) is 0.538. The van der Waals surface area contributed by atoms with Crippen molar-refractivity contribution in [3.05, 3.63) is 46.5 Å². The van der Waals surface area contributed by atoms with Gasteiger partial charge in [-0.3, -0.25) is 0 Å². The third-order valence-corrected chi connectivity index (χ3v) is 8.05. The Kier molecular flexibility index (Phi) is 4.23. The highest BCUT2D eigenvalue weighted by molar-refractivity contribution is 5.39. The number of hydrogen-bond donors (Lipinski definition) is 0. The van der Waals surface area contributed by atoms with Crippen LogP contribution < -0.4 is 0 Å². The summed E-state index contributed by atoms with van der Waals surface area (Å²) in [5.41, 5.74) is 7.28. The molecule has 1 aromatic rings. The van der Waals surface area contributed by atoms with Gasteiger partial charge in [-0.25, -0.2) is 0 Å². The minimum atomic E-state index is 0.449. The Morgan fingerprint density at radius 1 is 1.00 bits per heavy atom. The molecule has 0 N–H and O–H groups in total. The molecule has 2 bridgehead atoms. The maximum absolute atomic E-state index is 2.55. The molecule has 1 fully saturated rings. The Bertz CT molecular complexity index is 605.